The monoisotopic (exact) mass is 154 g/mol. The highest BCUT2D eigenvalue weighted by atomic mass is 16.7. The molecule has 0 aromatic rings. The van der Waals surface area contributed by atoms with Crippen LogP contribution in [0.25, 0.3) is 0 Å². The molecule has 1 saturated carbocycles. The molecule has 1 heterocycles. The van der Waals surface area contributed by atoms with E-state index in [0.29, 0.717) is 0 Å². The van der Waals surface area contributed by atoms with Crippen LogP contribution in [0, 0.1) is 0 Å². The molecule has 2 rings (SSSR count). The summed E-state index contributed by atoms with van der Waals surface area (Å²) in [5.41, 5.74) is 0. The zero-order chi connectivity index (χ0) is 7.90. The fraction of sp³-hybridized carbons (Fsp3) is 0.778. The van der Waals surface area contributed by atoms with Crippen molar-refractivity contribution in [3.8, 4) is 0 Å². The molecular weight excluding hydrogens is 140 g/mol. The third-order valence-electron chi connectivity index (χ3n) is 2.53. The summed E-state index contributed by atoms with van der Waals surface area (Å²) in [6.07, 6.45) is 4.61. The Hall–Kier alpha value is -0.500. The predicted octanol–water partition coefficient (Wildman–Crippen LogP) is 2.21. The average Bonchev–Trinajstić information content (AvgIpc) is 2.46. The Morgan fingerprint density at radius 3 is 2.55 bits per heavy atom. The number of rotatable bonds is 0. The van der Waals surface area contributed by atoms with E-state index in [4.69, 9.17) is 9.47 Å². The summed E-state index contributed by atoms with van der Waals surface area (Å²) < 4.78 is 11.3. The lowest BCUT2D eigenvalue weighted by molar-refractivity contribution is -0.153. The van der Waals surface area contributed by atoms with E-state index in [1.54, 1.807) is 0 Å². The maximum Gasteiger partial charge on any atom is 0.210 e. The van der Waals surface area contributed by atoms with Crippen molar-refractivity contribution in [2.45, 2.75) is 44.5 Å². The van der Waals surface area contributed by atoms with Crippen molar-refractivity contribution in [3.63, 3.8) is 0 Å². The van der Waals surface area contributed by atoms with Gasteiger partial charge < -0.3 is 9.47 Å². The van der Waals surface area contributed by atoms with Crippen LogP contribution in [0.3, 0.4) is 0 Å². The minimum atomic E-state index is -0.267. The van der Waals surface area contributed by atoms with E-state index in [-0.39, 0.29) is 11.9 Å². The van der Waals surface area contributed by atoms with Gasteiger partial charge in [0.15, 0.2) is 0 Å². The van der Waals surface area contributed by atoms with Gasteiger partial charge in [0.25, 0.3) is 0 Å². The minimum Gasteiger partial charge on any atom is -0.465 e. The highest BCUT2D eigenvalue weighted by molar-refractivity contribution is 5.01. The van der Waals surface area contributed by atoms with Gasteiger partial charge in [-0.05, 0) is 19.8 Å². The fourth-order valence-corrected chi connectivity index (χ4v) is 1.87. The Morgan fingerprint density at radius 1 is 1.45 bits per heavy atom. The van der Waals surface area contributed by atoms with Crippen molar-refractivity contribution < 1.29 is 9.47 Å². The Bertz CT molecular complexity index is 180. The largest absolute Gasteiger partial charge is 0.465 e. The first-order chi connectivity index (χ1) is 5.22. The summed E-state index contributed by atoms with van der Waals surface area (Å²) in [6.45, 7) is 5.80. The molecule has 0 aromatic heterocycles. The topological polar surface area (TPSA) is 18.5 Å². The van der Waals surface area contributed by atoms with E-state index in [1.807, 2.05) is 6.92 Å². The Kier molecular flexibility index (Phi) is 1.46. The molecule has 2 nitrogen and oxygen atoms in total. The summed E-state index contributed by atoms with van der Waals surface area (Å²) in [5.74, 6) is 0.531. The summed E-state index contributed by atoms with van der Waals surface area (Å²) in [5, 5.41) is 0. The first-order valence-corrected chi connectivity index (χ1v) is 4.27. The molecule has 62 valence electrons. The highest BCUT2D eigenvalue weighted by Crippen LogP contribution is 2.42. The normalized spacial score (nSPS) is 34.6. The summed E-state index contributed by atoms with van der Waals surface area (Å²) in [6, 6.07) is 0. The van der Waals surface area contributed by atoms with Gasteiger partial charge in [-0.25, -0.2) is 0 Å². The average molecular weight is 154 g/mol. The Morgan fingerprint density at radius 2 is 2.09 bits per heavy atom. The third kappa shape index (κ3) is 1.06. The second kappa shape index (κ2) is 2.24. The third-order valence-corrected chi connectivity index (χ3v) is 2.53. The van der Waals surface area contributed by atoms with E-state index in [9.17, 15) is 0 Å². The predicted molar refractivity (Wildman–Crippen MR) is 42.0 cm³/mol. The van der Waals surface area contributed by atoms with Gasteiger partial charge in [0.05, 0.1) is 0 Å². The lowest BCUT2D eigenvalue weighted by atomic mass is 10.2. The number of hydrogen-bond donors (Lipinski definition) is 0. The molecule has 1 aliphatic carbocycles. The van der Waals surface area contributed by atoms with Gasteiger partial charge in [-0.3, -0.25) is 0 Å². The smallest absolute Gasteiger partial charge is 0.210 e. The van der Waals surface area contributed by atoms with E-state index in [0.717, 1.165) is 18.6 Å². The van der Waals surface area contributed by atoms with Crippen molar-refractivity contribution in [1.29, 1.82) is 0 Å². The summed E-state index contributed by atoms with van der Waals surface area (Å²) >= 11 is 0. The van der Waals surface area contributed by atoms with Crippen LogP contribution in [0.5, 0.6) is 0 Å². The van der Waals surface area contributed by atoms with E-state index < -0.39 is 0 Å². The van der Waals surface area contributed by atoms with Crippen molar-refractivity contribution in [2.75, 3.05) is 0 Å². The van der Waals surface area contributed by atoms with Crippen molar-refractivity contribution in [2.24, 2.45) is 0 Å². The number of ether oxygens (including phenoxy) is 2. The minimum absolute atomic E-state index is 0.0908. The molecule has 1 aliphatic heterocycles. The van der Waals surface area contributed by atoms with E-state index >= 15 is 0 Å². The molecule has 1 unspecified atom stereocenters. The summed E-state index contributed by atoms with van der Waals surface area (Å²) in [7, 11) is 0. The van der Waals surface area contributed by atoms with Crippen molar-refractivity contribution in [1.82, 2.24) is 0 Å². The molecule has 2 aliphatic rings. The van der Waals surface area contributed by atoms with E-state index in [2.05, 4.69) is 6.58 Å². The summed E-state index contributed by atoms with van der Waals surface area (Å²) in [4.78, 5) is 0. The Balaban J connectivity index is 2.12. The zero-order valence-corrected chi connectivity index (χ0v) is 6.93. The van der Waals surface area contributed by atoms with Crippen LogP contribution in [0.4, 0.5) is 0 Å². The molecule has 2 fully saturated rings. The van der Waals surface area contributed by atoms with Gasteiger partial charge in [-0.15, -0.1) is 0 Å². The second-order valence-electron chi connectivity index (χ2n) is 3.45. The Labute approximate surface area is 67.2 Å². The van der Waals surface area contributed by atoms with Gasteiger partial charge in [0, 0.05) is 12.8 Å². The molecular formula is C9H14O2. The van der Waals surface area contributed by atoms with Gasteiger partial charge in [-0.2, -0.15) is 0 Å². The van der Waals surface area contributed by atoms with Crippen LogP contribution in [-0.4, -0.2) is 11.9 Å². The molecule has 0 radical (unpaired) electrons. The van der Waals surface area contributed by atoms with Gasteiger partial charge >= 0.3 is 0 Å². The molecule has 0 amide bonds. The van der Waals surface area contributed by atoms with Crippen LogP contribution >= 0.6 is 0 Å². The molecule has 0 bridgehead atoms. The second-order valence-corrected chi connectivity index (χ2v) is 3.45. The fourth-order valence-electron chi connectivity index (χ4n) is 1.87. The maximum absolute atomic E-state index is 5.70. The first kappa shape index (κ1) is 7.17. The molecule has 0 N–H and O–H groups in total. The van der Waals surface area contributed by atoms with Crippen molar-refractivity contribution >= 4 is 0 Å². The van der Waals surface area contributed by atoms with Crippen LogP contribution in [0.15, 0.2) is 12.3 Å². The highest BCUT2D eigenvalue weighted by Gasteiger charge is 2.44. The number of hydrogen-bond acceptors (Lipinski definition) is 2. The SMILES string of the molecule is C=C1OC2(CCCC2)OC1C. The van der Waals surface area contributed by atoms with Crippen LogP contribution in [0.2, 0.25) is 0 Å². The molecule has 1 atom stereocenters. The molecule has 11 heavy (non-hydrogen) atoms. The van der Waals surface area contributed by atoms with Crippen LogP contribution in [-0.2, 0) is 9.47 Å². The van der Waals surface area contributed by atoms with Crippen LogP contribution < -0.4 is 0 Å². The van der Waals surface area contributed by atoms with Crippen molar-refractivity contribution in [3.05, 3.63) is 12.3 Å². The van der Waals surface area contributed by atoms with Gasteiger partial charge in [-0.1, -0.05) is 6.58 Å². The standard InChI is InChI=1S/C9H14O2/c1-7-8(2)11-9(10-7)5-3-4-6-9/h8H,1,3-6H2,2H3. The van der Waals surface area contributed by atoms with Gasteiger partial charge in [0.1, 0.15) is 11.9 Å². The molecule has 1 saturated heterocycles. The zero-order valence-electron chi connectivity index (χ0n) is 6.93. The molecule has 0 aromatic carbocycles. The first-order valence-electron chi connectivity index (χ1n) is 4.27. The van der Waals surface area contributed by atoms with E-state index in [1.165, 1.54) is 12.8 Å². The lowest BCUT2D eigenvalue weighted by Gasteiger charge is -2.20. The quantitative estimate of drug-likeness (QED) is 0.532. The maximum atomic E-state index is 5.70. The van der Waals surface area contributed by atoms with Crippen LogP contribution in [0.1, 0.15) is 32.6 Å². The lowest BCUT2D eigenvalue weighted by Crippen LogP contribution is -2.25. The van der Waals surface area contributed by atoms with Gasteiger partial charge in [0.2, 0.25) is 5.79 Å². The molecule has 2 heteroatoms. The molecule has 1 spiro atoms.